The van der Waals surface area contributed by atoms with Gasteiger partial charge in [-0.2, -0.15) is 0 Å². The molecule has 28 heavy (non-hydrogen) atoms. The quantitative estimate of drug-likeness (QED) is 0.540. The molecule has 0 radical (unpaired) electrons. The van der Waals surface area contributed by atoms with Gasteiger partial charge in [-0.15, -0.1) is 11.3 Å². The van der Waals surface area contributed by atoms with Gasteiger partial charge in [-0.1, -0.05) is 29.8 Å². The fourth-order valence-corrected chi connectivity index (χ4v) is 3.92. The lowest BCUT2D eigenvalue weighted by Crippen LogP contribution is -2.47. The van der Waals surface area contributed by atoms with E-state index in [1.165, 1.54) is 7.11 Å². The first-order valence-electron chi connectivity index (χ1n) is 8.74. The lowest BCUT2D eigenvalue weighted by Gasteiger charge is -2.35. The molecule has 2 heterocycles. The summed E-state index contributed by atoms with van der Waals surface area (Å²) in [5.41, 5.74) is 1.66. The van der Waals surface area contributed by atoms with Crippen LogP contribution in [0, 0.1) is 0 Å². The van der Waals surface area contributed by atoms with Crippen LogP contribution in [0.2, 0.25) is 5.02 Å². The Labute approximate surface area is 172 Å². The monoisotopic (exact) mass is 420 g/mol. The third-order valence-electron chi connectivity index (χ3n) is 4.41. The first-order valence-corrected chi connectivity index (χ1v) is 9.99. The molecule has 1 aliphatic heterocycles. The van der Waals surface area contributed by atoms with E-state index >= 15 is 0 Å². The van der Waals surface area contributed by atoms with E-state index in [9.17, 15) is 9.59 Å². The molecule has 1 aromatic heterocycles. The number of nitrogens with zero attached hydrogens (tertiary/aromatic N) is 1. The van der Waals surface area contributed by atoms with E-state index in [0.717, 1.165) is 10.4 Å². The van der Waals surface area contributed by atoms with Crippen molar-refractivity contribution in [2.24, 2.45) is 0 Å². The van der Waals surface area contributed by atoms with Crippen molar-refractivity contribution in [2.75, 3.05) is 20.3 Å². The van der Waals surface area contributed by atoms with Crippen LogP contribution in [0.15, 0.2) is 53.0 Å². The van der Waals surface area contributed by atoms with Gasteiger partial charge in [0.2, 0.25) is 0 Å². The molecule has 0 spiro atoms. The van der Waals surface area contributed by atoms with E-state index in [1.54, 1.807) is 41.4 Å². The number of methoxy groups -OCH3 is 1. The molecular weight excluding hydrogens is 400 g/mol. The Kier molecular flexibility index (Phi) is 6.72. The van der Waals surface area contributed by atoms with Crippen LogP contribution in [-0.4, -0.2) is 37.2 Å². The molecule has 2 amide bonds. The summed E-state index contributed by atoms with van der Waals surface area (Å²) in [7, 11) is 1.54. The number of thiophene rings is 1. The molecule has 0 fully saturated rings. The van der Waals surface area contributed by atoms with Crippen LogP contribution in [-0.2, 0) is 20.8 Å². The van der Waals surface area contributed by atoms with Crippen molar-refractivity contribution in [3.8, 4) is 0 Å². The van der Waals surface area contributed by atoms with Crippen molar-refractivity contribution in [3.63, 3.8) is 0 Å². The number of benzene rings is 1. The van der Waals surface area contributed by atoms with Gasteiger partial charge < -0.3 is 14.8 Å². The van der Waals surface area contributed by atoms with Crippen LogP contribution < -0.4 is 5.32 Å². The van der Waals surface area contributed by atoms with E-state index in [2.05, 4.69) is 5.32 Å². The van der Waals surface area contributed by atoms with Crippen molar-refractivity contribution in [3.05, 3.63) is 68.5 Å². The fourth-order valence-electron chi connectivity index (χ4n) is 3.03. The highest BCUT2D eigenvalue weighted by Crippen LogP contribution is 2.33. The molecule has 0 bridgehead atoms. The van der Waals surface area contributed by atoms with E-state index in [4.69, 9.17) is 21.1 Å². The Morgan fingerprint density at radius 3 is 2.79 bits per heavy atom. The summed E-state index contributed by atoms with van der Waals surface area (Å²) in [6.45, 7) is 2.57. The second kappa shape index (κ2) is 9.23. The van der Waals surface area contributed by atoms with Crippen molar-refractivity contribution < 1.29 is 19.1 Å². The fraction of sp³-hybridized carbons (Fsp3) is 0.300. The number of carbonyl (C=O) groups excluding carboxylic acids is 2. The van der Waals surface area contributed by atoms with Gasteiger partial charge in [-0.05, 0) is 36.1 Å². The third-order valence-corrected chi connectivity index (χ3v) is 5.51. The number of halogens is 1. The summed E-state index contributed by atoms with van der Waals surface area (Å²) in [4.78, 5) is 28.2. The lowest BCUT2D eigenvalue weighted by atomic mass is 9.95. The topological polar surface area (TPSA) is 67.9 Å². The molecule has 0 aliphatic carbocycles. The van der Waals surface area contributed by atoms with Crippen LogP contribution in [0.1, 0.15) is 23.4 Å². The summed E-state index contributed by atoms with van der Waals surface area (Å²) in [5, 5.41) is 5.39. The highest BCUT2D eigenvalue weighted by Gasteiger charge is 2.36. The van der Waals surface area contributed by atoms with Gasteiger partial charge >= 0.3 is 12.0 Å². The summed E-state index contributed by atoms with van der Waals surface area (Å²) >= 11 is 7.67. The number of urea groups is 1. The highest BCUT2D eigenvalue weighted by molar-refractivity contribution is 7.09. The third kappa shape index (κ3) is 4.55. The molecule has 1 unspecified atom stereocenters. The summed E-state index contributed by atoms with van der Waals surface area (Å²) in [6, 6.07) is 10.0. The maximum absolute atomic E-state index is 12.9. The van der Waals surface area contributed by atoms with Gasteiger partial charge in [0, 0.05) is 22.7 Å². The van der Waals surface area contributed by atoms with E-state index in [1.807, 2.05) is 23.6 Å². The molecule has 6 nitrogen and oxygen atoms in total. The zero-order chi connectivity index (χ0) is 20.1. The van der Waals surface area contributed by atoms with E-state index < -0.39 is 12.0 Å². The van der Waals surface area contributed by atoms with Gasteiger partial charge in [0.15, 0.2) is 0 Å². The largest absolute Gasteiger partial charge is 0.460 e. The molecule has 1 atom stereocenters. The number of hydrogen-bond acceptors (Lipinski definition) is 5. The Morgan fingerprint density at radius 2 is 2.11 bits per heavy atom. The molecule has 2 aromatic rings. The SMILES string of the molecule is COCCOC(=O)C1=C(C)N(Cc2cccs2)C(=O)NC1c1cccc(Cl)c1. The normalized spacial score (nSPS) is 16.9. The van der Waals surface area contributed by atoms with Crippen LogP contribution in [0.3, 0.4) is 0 Å². The zero-order valence-corrected chi connectivity index (χ0v) is 17.2. The van der Waals surface area contributed by atoms with Crippen molar-refractivity contribution in [1.29, 1.82) is 0 Å². The number of nitrogens with one attached hydrogen (secondary N) is 1. The second-order valence-electron chi connectivity index (χ2n) is 6.23. The first-order chi connectivity index (χ1) is 13.5. The number of allylic oxidation sites excluding steroid dienone is 1. The standard InChI is InChI=1S/C20H21ClN2O4S/c1-13-17(19(24)27-9-8-26-2)18(14-5-3-6-15(21)11-14)22-20(25)23(13)12-16-7-4-10-28-16/h3-7,10-11,18H,8-9,12H2,1-2H3,(H,22,25). The number of amides is 2. The molecule has 1 aromatic carbocycles. The van der Waals surface area contributed by atoms with Crippen molar-refractivity contribution >= 4 is 34.9 Å². The second-order valence-corrected chi connectivity index (χ2v) is 7.70. The first kappa shape index (κ1) is 20.4. The molecule has 3 rings (SSSR count). The smallest absolute Gasteiger partial charge is 0.338 e. The highest BCUT2D eigenvalue weighted by atomic mass is 35.5. The zero-order valence-electron chi connectivity index (χ0n) is 15.6. The predicted molar refractivity (Wildman–Crippen MR) is 108 cm³/mol. The van der Waals surface area contributed by atoms with Crippen LogP contribution in [0.25, 0.3) is 0 Å². The molecular formula is C20H21ClN2O4S. The minimum atomic E-state index is -0.638. The molecule has 0 saturated carbocycles. The lowest BCUT2D eigenvalue weighted by molar-refractivity contribution is -0.140. The average Bonchev–Trinajstić information content (AvgIpc) is 3.18. The Morgan fingerprint density at radius 1 is 1.29 bits per heavy atom. The number of hydrogen-bond donors (Lipinski definition) is 1. The molecule has 0 saturated heterocycles. The summed E-state index contributed by atoms with van der Waals surface area (Å²) in [6.07, 6.45) is 0. The van der Waals surface area contributed by atoms with E-state index in [-0.39, 0.29) is 12.6 Å². The maximum Gasteiger partial charge on any atom is 0.338 e. The Balaban J connectivity index is 1.98. The minimum absolute atomic E-state index is 0.132. The van der Waals surface area contributed by atoms with Crippen LogP contribution >= 0.6 is 22.9 Å². The van der Waals surface area contributed by atoms with Gasteiger partial charge in [-0.25, -0.2) is 9.59 Å². The summed E-state index contributed by atoms with van der Waals surface area (Å²) < 4.78 is 10.3. The van der Waals surface area contributed by atoms with Gasteiger partial charge in [-0.3, -0.25) is 4.90 Å². The predicted octanol–water partition coefficient (Wildman–Crippen LogP) is 4.13. The van der Waals surface area contributed by atoms with Gasteiger partial charge in [0.25, 0.3) is 0 Å². The van der Waals surface area contributed by atoms with Gasteiger partial charge in [0.05, 0.1) is 24.8 Å². The van der Waals surface area contributed by atoms with Crippen LogP contribution in [0.4, 0.5) is 4.79 Å². The number of rotatable bonds is 7. The number of ether oxygens (including phenoxy) is 2. The molecule has 1 N–H and O–H groups in total. The Hall–Kier alpha value is -2.35. The Bertz CT molecular complexity index is 882. The summed E-state index contributed by atoms with van der Waals surface area (Å²) in [5.74, 6) is -0.490. The molecule has 8 heteroatoms. The van der Waals surface area contributed by atoms with Crippen molar-refractivity contribution in [2.45, 2.75) is 19.5 Å². The number of carbonyl (C=O) groups is 2. The van der Waals surface area contributed by atoms with Crippen molar-refractivity contribution in [1.82, 2.24) is 10.2 Å². The van der Waals surface area contributed by atoms with E-state index in [0.29, 0.717) is 29.4 Å². The van der Waals surface area contributed by atoms with Gasteiger partial charge in [0.1, 0.15) is 6.61 Å². The maximum atomic E-state index is 12.9. The average molecular weight is 421 g/mol. The molecule has 1 aliphatic rings. The molecule has 148 valence electrons. The number of esters is 1. The van der Waals surface area contributed by atoms with Crippen LogP contribution in [0.5, 0.6) is 0 Å². The minimum Gasteiger partial charge on any atom is -0.460 e.